The fraction of sp³-hybridized carbons (Fsp3) is 0.836. The van der Waals surface area contributed by atoms with Gasteiger partial charge in [-0.2, -0.15) is 0 Å². The molecule has 0 unspecified atom stereocenters. The topological polar surface area (TPSA) is 78.9 Å². The maximum absolute atomic E-state index is 12.9. The predicted molar refractivity (Wildman–Crippen MR) is 316 cm³/mol. The van der Waals surface area contributed by atoms with E-state index in [-0.39, 0.29) is 31.1 Å². The summed E-state index contributed by atoms with van der Waals surface area (Å²) in [6.07, 6.45) is 76.8. The van der Waals surface area contributed by atoms with Crippen LogP contribution in [-0.4, -0.2) is 37.2 Å². The van der Waals surface area contributed by atoms with Crippen molar-refractivity contribution >= 4 is 17.9 Å². The zero-order valence-electron chi connectivity index (χ0n) is 48.9. The Morgan fingerprint density at radius 1 is 0.274 bits per heavy atom. The van der Waals surface area contributed by atoms with Crippen molar-refractivity contribution in [3.05, 3.63) is 48.6 Å². The monoisotopic (exact) mass is 1020 g/mol. The van der Waals surface area contributed by atoms with Crippen LogP contribution < -0.4 is 0 Å². The van der Waals surface area contributed by atoms with Crippen LogP contribution in [0.25, 0.3) is 0 Å². The van der Waals surface area contributed by atoms with Crippen LogP contribution in [0.15, 0.2) is 48.6 Å². The van der Waals surface area contributed by atoms with E-state index < -0.39 is 6.10 Å². The molecule has 0 saturated heterocycles. The van der Waals surface area contributed by atoms with Crippen molar-refractivity contribution in [2.45, 2.75) is 348 Å². The Morgan fingerprint density at radius 3 is 0.781 bits per heavy atom. The first-order valence-electron chi connectivity index (χ1n) is 32.1. The third kappa shape index (κ3) is 60.1. The van der Waals surface area contributed by atoms with Gasteiger partial charge >= 0.3 is 17.9 Å². The number of carbonyl (C=O) groups excluding carboxylic acids is 3. The Labute approximate surface area is 454 Å². The fourth-order valence-electron chi connectivity index (χ4n) is 9.45. The molecule has 0 spiro atoms. The minimum Gasteiger partial charge on any atom is -0.462 e. The Morgan fingerprint density at radius 2 is 0.493 bits per heavy atom. The van der Waals surface area contributed by atoms with E-state index in [2.05, 4.69) is 69.4 Å². The zero-order chi connectivity index (χ0) is 52.9. The van der Waals surface area contributed by atoms with Crippen molar-refractivity contribution in [1.82, 2.24) is 0 Å². The van der Waals surface area contributed by atoms with E-state index in [1.54, 1.807) is 0 Å². The molecule has 426 valence electrons. The number of unbranched alkanes of at least 4 members (excludes halogenated alkanes) is 40. The first-order chi connectivity index (χ1) is 36.0. The lowest BCUT2D eigenvalue weighted by Gasteiger charge is -2.18. The van der Waals surface area contributed by atoms with Crippen molar-refractivity contribution < 1.29 is 28.6 Å². The summed E-state index contributed by atoms with van der Waals surface area (Å²) in [6, 6.07) is 0. The second-order valence-electron chi connectivity index (χ2n) is 21.7. The van der Waals surface area contributed by atoms with Crippen LogP contribution in [0, 0.1) is 0 Å². The van der Waals surface area contributed by atoms with E-state index >= 15 is 0 Å². The van der Waals surface area contributed by atoms with Crippen LogP contribution in [-0.2, 0) is 28.6 Å². The highest BCUT2D eigenvalue weighted by Gasteiger charge is 2.19. The van der Waals surface area contributed by atoms with Crippen LogP contribution >= 0.6 is 0 Å². The molecule has 0 saturated carbocycles. The normalized spacial score (nSPS) is 11.9. The minimum atomic E-state index is -0.779. The van der Waals surface area contributed by atoms with Gasteiger partial charge in [0.05, 0.1) is 0 Å². The third-order valence-corrected chi connectivity index (χ3v) is 14.3. The van der Waals surface area contributed by atoms with Crippen molar-refractivity contribution in [3.63, 3.8) is 0 Å². The molecular weight excluding hydrogens is 901 g/mol. The fourth-order valence-corrected chi connectivity index (χ4v) is 9.45. The largest absolute Gasteiger partial charge is 0.462 e. The molecule has 0 rings (SSSR count). The molecule has 0 aliphatic rings. The third-order valence-electron chi connectivity index (χ3n) is 14.3. The van der Waals surface area contributed by atoms with Gasteiger partial charge in [-0.25, -0.2) is 0 Å². The SMILES string of the molecule is CCCCC/C=C\C/C=C\CCCCCCCCCC(=O)OCC(COC(=O)CCCCCCCCC/C=C\C/C=C\CCCCC)OC(=O)CCCCCCCCCCCCCCCCCCCCCCC. The van der Waals surface area contributed by atoms with Gasteiger partial charge < -0.3 is 14.2 Å². The first-order valence-corrected chi connectivity index (χ1v) is 32.1. The molecular formula is C67H122O6. The average molecular weight is 1020 g/mol. The number of rotatable bonds is 59. The molecule has 73 heavy (non-hydrogen) atoms. The molecule has 0 bridgehead atoms. The van der Waals surface area contributed by atoms with Crippen molar-refractivity contribution in [3.8, 4) is 0 Å². The number of esters is 3. The van der Waals surface area contributed by atoms with E-state index in [0.29, 0.717) is 19.3 Å². The Hall–Kier alpha value is -2.63. The van der Waals surface area contributed by atoms with Crippen LogP contribution in [0.3, 0.4) is 0 Å². The second kappa shape index (κ2) is 61.9. The van der Waals surface area contributed by atoms with E-state index in [9.17, 15) is 14.4 Å². The van der Waals surface area contributed by atoms with E-state index in [0.717, 1.165) is 83.5 Å². The van der Waals surface area contributed by atoms with Gasteiger partial charge in [-0.1, -0.05) is 288 Å². The molecule has 0 atom stereocenters. The van der Waals surface area contributed by atoms with Gasteiger partial charge in [0, 0.05) is 19.3 Å². The van der Waals surface area contributed by atoms with Crippen LogP contribution in [0.1, 0.15) is 342 Å². The summed E-state index contributed by atoms with van der Waals surface area (Å²) in [4.78, 5) is 38.3. The highest BCUT2D eigenvalue weighted by Crippen LogP contribution is 2.17. The number of hydrogen-bond acceptors (Lipinski definition) is 6. The quantitative estimate of drug-likeness (QED) is 0.0261. The summed E-state index contributed by atoms with van der Waals surface area (Å²) in [6.45, 7) is 6.63. The Bertz CT molecular complexity index is 1200. The molecule has 0 amide bonds. The molecule has 6 nitrogen and oxygen atoms in total. The summed E-state index contributed by atoms with van der Waals surface area (Å²) in [5.41, 5.74) is 0. The molecule has 0 radical (unpaired) electrons. The Balaban J connectivity index is 4.35. The van der Waals surface area contributed by atoms with Crippen molar-refractivity contribution in [1.29, 1.82) is 0 Å². The van der Waals surface area contributed by atoms with E-state index in [1.165, 1.54) is 218 Å². The summed E-state index contributed by atoms with van der Waals surface area (Å²) in [7, 11) is 0. The summed E-state index contributed by atoms with van der Waals surface area (Å²) in [5.74, 6) is -0.869. The lowest BCUT2D eigenvalue weighted by molar-refractivity contribution is -0.167. The van der Waals surface area contributed by atoms with Crippen LogP contribution in [0.2, 0.25) is 0 Å². The molecule has 0 fully saturated rings. The summed E-state index contributed by atoms with van der Waals surface area (Å²) in [5, 5.41) is 0. The van der Waals surface area contributed by atoms with Gasteiger partial charge in [0.15, 0.2) is 6.10 Å². The minimum absolute atomic E-state index is 0.0766. The molecule has 0 aromatic heterocycles. The number of carbonyl (C=O) groups is 3. The Kier molecular flexibility index (Phi) is 59.7. The molecule has 6 heteroatoms. The maximum atomic E-state index is 12.9. The average Bonchev–Trinajstić information content (AvgIpc) is 3.39. The van der Waals surface area contributed by atoms with Gasteiger partial charge in [-0.05, 0) is 83.5 Å². The van der Waals surface area contributed by atoms with Gasteiger partial charge in [-0.3, -0.25) is 14.4 Å². The smallest absolute Gasteiger partial charge is 0.306 e. The summed E-state index contributed by atoms with van der Waals surface area (Å²) >= 11 is 0. The molecule has 0 aromatic rings. The van der Waals surface area contributed by atoms with Crippen molar-refractivity contribution in [2.24, 2.45) is 0 Å². The van der Waals surface area contributed by atoms with Crippen LogP contribution in [0.5, 0.6) is 0 Å². The number of allylic oxidation sites excluding steroid dienone is 8. The first kappa shape index (κ1) is 70.4. The van der Waals surface area contributed by atoms with E-state index in [1.807, 2.05) is 0 Å². The number of hydrogen-bond donors (Lipinski definition) is 0. The molecule has 0 aromatic carbocycles. The maximum Gasteiger partial charge on any atom is 0.306 e. The zero-order valence-corrected chi connectivity index (χ0v) is 48.9. The second-order valence-corrected chi connectivity index (χ2v) is 21.7. The van der Waals surface area contributed by atoms with Crippen molar-refractivity contribution in [2.75, 3.05) is 13.2 Å². The highest BCUT2D eigenvalue weighted by atomic mass is 16.6. The van der Waals surface area contributed by atoms with Gasteiger partial charge in [-0.15, -0.1) is 0 Å². The standard InChI is InChI=1S/C67H122O6/c1-4-7-10-13-16-19-22-25-28-31-32-33-34-37-40-43-46-49-52-55-58-61-67(70)73-64(62-71-65(68)59-56-53-50-47-44-41-38-35-29-26-23-20-17-14-11-8-5-2)63-72-66(69)60-57-54-51-48-45-42-39-36-30-27-24-21-18-15-12-9-6-3/h17-18,20-21,26-27,29-30,64H,4-16,19,22-25,28,31-63H2,1-3H3/b20-17-,21-18-,29-26-,30-27-. The molecule has 0 aliphatic heterocycles. The van der Waals surface area contributed by atoms with Gasteiger partial charge in [0.1, 0.15) is 13.2 Å². The molecule has 0 aliphatic carbocycles. The number of ether oxygens (including phenoxy) is 3. The van der Waals surface area contributed by atoms with Gasteiger partial charge in [0.25, 0.3) is 0 Å². The summed E-state index contributed by atoms with van der Waals surface area (Å²) < 4.78 is 16.9. The van der Waals surface area contributed by atoms with Gasteiger partial charge in [0.2, 0.25) is 0 Å². The molecule has 0 N–H and O–H groups in total. The lowest BCUT2D eigenvalue weighted by Crippen LogP contribution is -2.30. The predicted octanol–water partition coefficient (Wildman–Crippen LogP) is 21.8. The van der Waals surface area contributed by atoms with Crippen LogP contribution in [0.4, 0.5) is 0 Å². The highest BCUT2D eigenvalue weighted by molar-refractivity contribution is 5.71. The van der Waals surface area contributed by atoms with E-state index in [4.69, 9.17) is 14.2 Å². The molecule has 0 heterocycles. The lowest BCUT2D eigenvalue weighted by atomic mass is 10.0.